The van der Waals surface area contributed by atoms with Crippen LogP contribution in [0.4, 0.5) is 10.5 Å². The number of nitrogens with zero attached hydrogens (tertiary/aromatic N) is 1. The minimum absolute atomic E-state index is 0.0169. The number of rotatable bonds is 7. The van der Waals surface area contributed by atoms with Crippen molar-refractivity contribution in [1.82, 2.24) is 0 Å². The molecule has 1 atom stereocenters. The van der Waals surface area contributed by atoms with Crippen LogP contribution in [0.2, 0.25) is 0 Å². The fourth-order valence-electron chi connectivity index (χ4n) is 2.75. The van der Waals surface area contributed by atoms with Crippen molar-refractivity contribution in [3.05, 3.63) is 106 Å². The van der Waals surface area contributed by atoms with E-state index in [2.05, 4.69) is 0 Å². The number of benzene rings is 3. The van der Waals surface area contributed by atoms with Crippen LogP contribution in [0.3, 0.4) is 0 Å². The summed E-state index contributed by atoms with van der Waals surface area (Å²) in [5, 5.41) is 21.8. The number of aliphatic hydroxyl groups is 1. The molecule has 1 unspecified atom stereocenters. The SMILES string of the molecule is O=C(OCC(O)(C(=O)c1ccccc1)c1ccccc1)Oc1ccc([N+](=O)[O-])cc1. The van der Waals surface area contributed by atoms with Crippen molar-refractivity contribution in [2.75, 3.05) is 6.61 Å². The summed E-state index contributed by atoms with van der Waals surface area (Å²) in [6.07, 6.45) is -1.17. The van der Waals surface area contributed by atoms with Crippen molar-refractivity contribution in [3.8, 4) is 5.75 Å². The fraction of sp³-hybridized carbons (Fsp3) is 0.0909. The lowest BCUT2D eigenvalue weighted by atomic mass is 9.86. The highest BCUT2D eigenvalue weighted by Crippen LogP contribution is 2.27. The minimum Gasteiger partial charge on any atom is -0.430 e. The molecule has 0 saturated carbocycles. The molecule has 8 nitrogen and oxygen atoms in total. The minimum atomic E-state index is -2.13. The Hall–Kier alpha value is -4.04. The maximum absolute atomic E-state index is 13.0. The lowest BCUT2D eigenvalue weighted by molar-refractivity contribution is -0.384. The number of ketones is 1. The Morgan fingerprint density at radius 2 is 1.47 bits per heavy atom. The van der Waals surface area contributed by atoms with Crippen LogP contribution in [0.25, 0.3) is 0 Å². The first-order chi connectivity index (χ1) is 14.4. The topological polar surface area (TPSA) is 116 Å². The van der Waals surface area contributed by atoms with E-state index in [4.69, 9.17) is 9.47 Å². The molecule has 0 amide bonds. The average molecular weight is 407 g/mol. The predicted molar refractivity (Wildman–Crippen MR) is 106 cm³/mol. The number of carbonyl (C=O) groups excluding carboxylic acids is 2. The number of nitro benzene ring substituents is 1. The Bertz CT molecular complexity index is 1040. The molecule has 0 aliphatic heterocycles. The second-order valence-electron chi connectivity index (χ2n) is 6.31. The van der Waals surface area contributed by atoms with Crippen molar-refractivity contribution in [2.45, 2.75) is 5.60 Å². The van der Waals surface area contributed by atoms with Crippen molar-refractivity contribution in [2.24, 2.45) is 0 Å². The second kappa shape index (κ2) is 8.97. The summed E-state index contributed by atoms with van der Waals surface area (Å²) in [5.74, 6) is -0.624. The smallest absolute Gasteiger partial charge is 0.430 e. The van der Waals surface area contributed by atoms with Crippen molar-refractivity contribution in [3.63, 3.8) is 0 Å². The van der Waals surface area contributed by atoms with Gasteiger partial charge in [0.05, 0.1) is 4.92 Å². The lowest BCUT2D eigenvalue weighted by Gasteiger charge is -2.26. The highest BCUT2D eigenvalue weighted by Gasteiger charge is 2.40. The van der Waals surface area contributed by atoms with Crippen molar-refractivity contribution < 1.29 is 29.1 Å². The van der Waals surface area contributed by atoms with E-state index in [0.29, 0.717) is 0 Å². The Balaban J connectivity index is 1.76. The molecule has 0 heterocycles. The third kappa shape index (κ3) is 4.68. The molecule has 8 heteroatoms. The summed E-state index contributed by atoms with van der Waals surface area (Å²) in [5.41, 5.74) is -1.79. The number of ether oxygens (including phenoxy) is 2. The highest BCUT2D eigenvalue weighted by atomic mass is 16.7. The molecule has 0 radical (unpaired) electrons. The van der Waals surface area contributed by atoms with Crippen LogP contribution in [-0.4, -0.2) is 28.6 Å². The third-order valence-electron chi connectivity index (χ3n) is 4.31. The van der Waals surface area contributed by atoms with Crippen LogP contribution in [-0.2, 0) is 10.3 Å². The Morgan fingerprint density at radius 1 is 0.900 bits per heavy atom. The van der Waals surface area contributed by atoms with Gasteiger partial charge in [0.25, 0.3) is 5.69 Å². The van der Waals surface area contributed by atoms with Gasteiger partial charge in [-0.25, -0.2) is 4.79 Å². The van der Waals surface area contributed by atoms with Crippen LogP contribution in [0, 0.1) is 10.1 Å². The van der Waals surface area contributed by atoms with E-state index in [0.717, 1.165) is 0 Å². The van der Waals surface area contributed by atoms with Gasteiger partial charge in [-0.1, -0.05) is 60.7 Å². The van der Waals surface area contributed by atoms with E-state index in [1.807, 2.05) is 0 Å². The van der Waals surface area contributed by atoms with Crippen LogP contribution >= 0.6 is 0 Å². The normalized spacial score (nSPS) is 12.4. The number of non-ortho nitro benzene ring substituents is 1. The van der Waals surface area contributed by atoms with E-state index in [-0.39, 0.29) is 22.6 Å². The highest BCUT2D eigenvalue weighted by molar-refractivity contribution is 6.03. The number of hydrogen-bond donors (Lipinski definition) is 1. The standard InChI is InChI=1S/C22H17NO7/c24-20(16-7-3-1-4-8-16)22(26,17-9-5-2-6-10-17)15-29-21(25)30-19-13-11-18(12-14-19)23(27)28/h1-14,26H,15H2. The maximum atomic E-state index is 13.0. The van der Waals surface area contributed by atoms with Gasteiger partial charge in [-0.15, -0.1) is 0 Å². The summed E-state index contributed by atoms with van der Waals surface area (Å²) in [4.78, 5) is 35.2. The molecule has 0 aromatic heterocycles. The van der Waals surface area contributed by atoms with E-state index >= 15 is 0 Å². The Labute approximate surface area is 171 Å². The third-order valence-corrected chi connectivity index (χ3v) is 4.31. The monoisotopic (exact) mass is 407 g/mol. The van der Waals surface area contributed by atoms with Crippen LogP contribution in [0.1, 0.15) is 15.9 Å². The summed E-state index contributed by atoms with van der Waals surface area (Å²) in [6, 6.07) is 21.1. The van der Waals surface area contributed by atoms with Crippen molar-refractivity contribution >= 4 is 17.6 Å². The van der Waals surface area contributed by atoms with Gasteiger partial charge in [0.1, 0.15) is 12.4 Å². The van der Waals surface area contributed by atoms with Gasteiger partial charge in [-0.2, -0.15) is 0 Å². The van der Waals surface area contributed by atoms with Crippen LogP contribution in [0.5, 0.6) is 5.75 Å². The molecule has 30 heavy (non-hydrogen) atoms. The zero-order valence-corrected chi connectivity index (χ0v) is 15.6. The summed E-state index contributed by atoms with van der Waals surface area (Å²) < 4.78 is 9.98. The molecular formula is C22H17NO7. The zero-order valence-electron chi connectivity index (χ0n) is 15.6. The maximum Gasteiger partial charge on any atom is 0.513 e. The van der Waals surface area contributed by atoms with Gasteiger partial charge in [-0.3, -0.25) is 14.9 Å². The zero-order chi connectivity index (χ0) is 21.6. The molecule has 152 valence electrons. The molecule has 0 fully saturated rings. The van der Waals surface area contributed by atoms with Crippen LogP contribution < -0.4 is 4.74 Å². The van der Waals surface area contributed by atoms with Gasteiger partial charge < -0.3 is 14.6 Å². The lowest BCUT2D eigenvalue weighted by Crippen LogP contribution is -2.41. The molecule has 3 aromatic rings. The molecule has 1 N–H and O–H groups in total. The Morgan fingerprint density at radius 3 is 2.03 bits per heavy atom. The van der Waals surface area contributed by atoms with Gasteiger partial charge >= 0.3 is 6.16 Å². The van der Waals surface area contributed by atoms with Gasteiger partial charge in [-0.05, 0) is 17.7 Å². The van der Waals surface area contributed by atoms with E-state index < -0.39 is 29.1 Å². The first-order valence-corrected chi connectivity index (χ1v) is 8.87. The largest absolute Gasteiger partial charge is 0.513 e. The van der Waals surface area contributed by atoms with Gasteiger partial charge in [0.15, 0.2) is 5.60 Å². The number of nitro groups is 1. The summed E-state index contributed by atoms with van der Waals surface area (Å²) in [6.45, 7) is -0.684. The average Bonchev–Trinajstić information content (AvgIpc) is 2.78. The predicted octanol–water partition coefficient (Wildman–Crippen LogP) is 3.88. The molecule has 0 aliphatic carbocycles. The molecule has 0 aliphatic rings. The molecular weight excluding hydrogens is 390 g/mol. The van der Waals surface area contributed by atoms with Gasteiger partial charge in [0, 0.05) is 17.7 Å². The molecule has 0 saturated heterocycles. The van der Waals surface area contributed by atoms with E-state index in [9.17, 15) is 24.8 Å². The summed E-state index contributed by atoms with van der Waals surface area (Å²) >= 11 is 0. The second-order valence-corrected chi connectivity index (χ2v) is 6.31. The van der Waals surface area contributed by atoms with E-state index in [1.54, 1.807) is 60.7 Å². The molecule has 0 spiro atoms. The van der Waals surface area contributed by atoms with Crippen molar-refractivity contribution in [1.29, 1.82) is 0 Å². The molecule has 3 rings (SSSR count). The summed E-state index contributed by atoms with van der Waals surface area (Å²) in [7, 11) is 0. The molecule has 3 aromatic carbocycles. The van der Waals surface area contributed by atoms with Crippen LogP contribution in [0.15, 0.2) is 84.9 Å². The first kappa shape index (κ1) is 20.7. The van der Waals surface area contributed by atoms with E-state index in [1.165, 1.54) is 24.3 Å². The molecule has 0 bridgehead atoms. The first-order valence-electron chi connectivity index (χ1n) is 8.87. The quantitative estimate of drug-likeness (QED) is 0.208. The number of carbonyl (C=O) groups is 2. The number of Topliss-reactive ketones (excluding diaryl/α,β-unsaturated/α-hetero) is 1. The van der Waals surface area contributed by atoms with Gasteiger partial charge in [0.2, 0.25) is 5.78 Å². The number of hydrogen-bond acceptors (Lipinski definition) is 7. The fourth-order valence-corrected chi connectivity index (χ4v) is 2.75. The Kier molecular flexibility index (Phi) is 6.19.